The van der Waals surface area contributed by atoms with E-state index < -0.39 is 5.54 Å². The maximum Gasteiger partial charge on any atom is 0.338 e. The summed E-state index contributed by atoms with van der Waals surface area (Å²) in [5.74, 6) is -0.140. The van der Waals surface area contributed by atoms with Gasteiger partial charge >= 0.3 is 5.97 Å². The Hall–Kier alpha value is -3.47. The largest absolute Gasteiger partial charge is 0.465 e. The number of aromatic amines is 1. The van der Waals surface area contributed by atoms with Crippen molar-refractivity contribution in [3.8, 4) is 0 Å². The van der Waals surface area contributed by atoms with E-state index in [-0.39, 0.29) is 17.4 Å². The minimum atomic E-state index is -0.526. The molecule has 158 valence electrons. The lowest BCUT2D eigenvalue weighted by atomic mass is 9.63. The number of hydrogen-bond donors (Lipinski definition) is 1. The van der Waals surface area contributed by atoms with Crippen LogP contribution >= 0.6 is 0 Å². The molecule has 1 aromatic heterocycles. The molecule has 2 aliphatic carbocycles. The van der Waals surface area contributed by atoms with E-state index in [9.17, 15) is 9.59 Å². The first-order valence-electron chi connectivity index (χ1n) is 10.4. The normalized spacial score (nSPS) is 23.8. The third-order valence-corrected chi connectivity index (χ3v) is 6.10. The summed E-state index contributed by atoms with van der Waals surface area (Å²) in [6.07, 6.45) is 11.5. The second kappa shape index (κ2) is 8.34. The van der Waals surface area contributed by atoms with Gasteiger partial charge in [0.15, 0.2) is 0 Å². The highest BCUT2D eigenvalue weighted by atomic mass is 16.5. The number of methoxy groups -OCH3 is 1. The number of H-pyrrole nitrogens is 1. The maximum atomic E-state index is 12.0. The van der Waals surface area contributed by atoms with E-state index >= 15 is 0 Å². The Morgan fingerprint density at radius 1 is 1.26 bits per heavy atom. The number of fused-ring (bicyclic) bond motifs is 4. The summed E-state index contributed by atoms with van der Waals surface area (Å²) in [6, 6.07) is 10.8. The van der Waals surface area contributed by atoms with Gasteiger partial charge in [0.2, 0.25) is 5.56 Å². The molecule has 0 radical (unpaired) electrons. The molecule has 0 aliphatic heterocycles. The van der Waals surface area contributed by atoms with Crippen molar-refractivity contribution < 1.29 is 9.53 Å². The van der Waals surface area contributed by atoms with Crippen LogP contribution in [0.1, 0.15) is 47.4 Å². The van der Waals surface area contributed by atoms with Crippen LogP contribution in [0.25, 0.3) is 6.08 Å². The van der Waals surface area contributed by atoms with Crippen molar-refractivity contribution in [1.29, 1.82) is 0 Å². The molecule has 31 heavy (non-hydrogen) atoms. The van der Waals surface area contributed by atoms with E-state index in [0.29, 0.717) is 5.56 Å². The second-order valence-electron chi connectivity index (χ2n) is 8.04. The molecule has 4 rings (SSSR count). The quantitative estimate of drug-likeness (QED) is 0.451. The summed E-state index contributed by atoms with van der Waals surface area (Å²) < 4.78 is 4.87. The molecule has 1 heterocycles. The van der Waals surface area contributed by atoms with Crippen molar-refractivity contribution in [2.24, 2.45) is 10.9 Å². The summed E-state index contributed by atoms with van der Waals surface area (Å²) in [6.45, 7) is 4.20. The fraction of sp³-hybridized carbons (Fsp3) is 0.269. The van der Waals surface area contributed by atoms with Crippen LogP contribution in [0.5, 0.6) is 0 Å². The number of benzene rings is 1. The molecule has 0 unspecified atom stereocenters. The number of carbonyl (C=O) groups is 1. The van der Waals surface area contributed by atoms with Crippen molar-refractivity contribution in [2.75, 3.05) is 7.11 Å². The van der Waals surface area contributed by atoms with Gasteiger partial charge in [0.05, 0.1) is 12.7 Å². The van der Waals surface area contributed by atoms with Crippen molar-refractivity contribution >= 4 is 18.3 Å². The predicted molar refractivity (Wildman–Crippen MR) is 123 cm³/mol. The van der Waals surface area contributed by atoms with E-state index in [1.54, 1.807) is 18.3 Å². The van der Waals surface area contributed by atoms with Crippen LogP contribution in [0, 0.1) is 5.92 Å². The van der Waals surface area contributed by atoms with Crippen LogP contribution in [0.15, 0.2) is 75.6 Å². The van der Waals surface area contributed by atoms with Gasteiger partial charge in [0, 0.05) is 35.9 Å². The molecule has 0 saturated heterocycles. The topological polar surface area (TPSA) is 71.5 Å². The van der Waals surface area contributed by atoms with Gasteiger partial charge in [-0.2, -0.15) is 0 Å². The lowest BCUT2D eigenvalue weighted by Gasteiger charge is -2.45. The van der Waals surface area contributed by atoms with Gasteiger partial charge in [-0.25, -0.2) is 4.79 Å². The van der Waals surface area contributed by atoms with Crippen LogP contribution in [0.3, 0.4) is 0 Å². The molecule has 0 amide bonds. The first-order chi connectivity index (χ1) is 15.0. The molecule has 5 heteroatoms. The molecule has 2 bridgehead atoms. The van der Waals surface area contributed by atoms with Crippen LogP contribution < -0.4 is 5.56 Å². The Morgan fingerprint density at radius 2 is 2.06 bits per heavy atom. The Balaban J connectivity index is 1.75. The fourth-order valence-corrected chi connectivity index (χ4v) is 4.91. The van der Waals surface area contributed by atoms with Crippen molar-refractivity contribution in [3.05, 3.63) is 98.5 Å². The molecule has 0 fully saturated rings. The van der Waals surface area contributed by atoms with E-state index in [2.05, 4.69) is 31.0 Å². The Bertz CT molecular complexity index is 1200. The van der Waals surface area contributed by atoms with Crippen LogP contribution in [-0.2, 0) is 16.7 Å². The molecular weight excluding hydrogens is 388 g/mol. The average Bonchev–Trinajstić information content (AvgIpc) is 2.75. The number of esters is 1. The standard InChI is InChI=1S/C26H26N2O3/c1-4-21-19-14-17(2)16-26(21,22-11-12-24(29)28-23(22)15-19)27-13-7-9-18-8-5-6-10-20(18)25(30)31-3/h4-14,19H,15-16H2,1-3H3,(H,28,29)/b9-7?,21-4+,27-13?/t19-,26+/m0/s1. The lowest BCUT2D eigenvalue weighted by molar-refractivity contribution is 0.0600. The van der Waals surface area contributed by atoms with Gasteiger partial charge in [-0.1, -0.05) is 42.0 Å². The summed E-state index contributed by atoms with van der Waals surface area (Å²) in [5.41, 5.74) is 5.26. The molecule has 1 N–H and O–H groups in total. The molecule has 1 aromatic carbocycles. The van der Waals surface area contributed by atoms with Gasteiger partial charge in [0.25, 0.3) is 0 Å². The number of aromatic nitrogens is 1. The average molecular weight is 415 g/mol. The molecule has 5 nitrogen and oxygen atoms in total. The number of nitrogens with one attached hydrogen (secondary N) is 1. The second-order valence-corrected chi connectivity index (χ2v) is 8.04. The third kappa shape index (κ3) is 3.72. The number of ether oxygens (including phenoxy) is 1. The third-order valence-electron chi connectivity index (χ3n) is 6.10. The Kier molecular flexibility index (Phi) is 5.59. The Labute approximate surface area is 181 Å². The zero-order valence-electron chi connectivity index (χ0n) is 18.0. The number of carbonyl (C=O) groups excluding carboxylic acids is 1. The van der Waals surface area contributed by atoms with Crippen LogP contribution in [0.2, 0.25) is 0 Å². The molecular formula is C26H26N2O3. The molecule has 0 saturated carbocycles. The molecule has 2 aliphatic rings. The van der Waals surface area contributed by atoms with Gasteiger partial charge in [-0.3, -0.25) is 9.79 Å². The highest BCUT2D eigenvalue weighted by Gasteiger charge is 2.46. The highest BCUT2D eigenvalue weighted by Crippen LogP contribution is 2.51. The fourth-order valence-electron chi connectivity index (χ4n) is 4.91. The number of hydrogen-bond acceptors (Lipinski definition) is 4. The van der Waals surface area contributed by atoms with Gasteiger partial charge in [-0.15, -0.1) is 0 Å². The van der Waals surface area contributed by atoms with Crippen LogP contribution in [0.4, 0.5) is 0 Å². The zero-order chi connectivity index (χ0) is 22.0. The van der Waals surface area contributed by atoms with Crippen LogP contribution in [-0.4, -0.2) is 24.3 Å². The molecule has 0 spiro atoms. The smallest absolute Gasteiger partial charge is 0.338 e. The summed E-state index contributed by atoms with van der Waals surface area (Å²) in [5, 5.41) is 0. The van der Waals surface area contributed by atoms with Gasteiger partial charge in [-0.05, 0) is 49.6 Å². The lowest BCUT2D eigenvalue weighted by Crippen LogP contribution is -2.40. The van der Waals surface area contributed by atoms with E-state index in [4.69, 9.17) is 9.73 Å². The van der Waals surface area contributed by atoms with Crippen molar-refractivity contribution in [2.45, 2.75) is 32.2 Å². The van der Waals surface area contributed by atoms with Crippen molar-refractivity contribution in [3.63, 3.8) is 0 Å². The summed E-state index contributed by atoms with van der Waals surface area (Å²) in [4.78, 5) is 32.0. The van der Waals surface area contributed by atoms with E-state index in [0.717, 1.165) is 29.7 Å². The van der Waals surface area contributed by atoms with Gasteiger partial charge in [0.1, 0.15) is 5.54 Å². The first-order valence-corrected chi connectivity index (χ1v) is 10.4. The summed E-state index contributed by atoms with van der Waals surface area (Å²) in [7, 11) is 1.38. The predicted octanol–water partition coefficient (Wildman–Crippen LogP) is 4.61. The number of rotatable bonds is 4. The minimum absolute atomic E-state index is 0.0834. The molecule has 2 aromatic rings. The number of allylic oxidation sites excluding steroid dienone is 3. The zero-order valence-corrected chi connectivity index (χ0v) is 18.0. The van der Waals surface area contributed by atoms with Crippen molar-refractivity contribution in [1.82, 2.24) is 4.98 Å². The number of pyridine rings is 1. The minimum Gasteiger partial charge on any atom is -0.465 e. The monoisotopic (exact) mass is 414 g/mol. The number of nitrogens with zero attached hydrogens (tertiary/aromatic N) is 1. The summed E-state index contributed by atoms with van der Waals surface area (Å²) >= 11 is 0. The van der Waals surface area contributed by atoms with E-state index in [1.807, 2.05) is 36.4 Å². The van der Waals surface area contributed by atoms with E-state index in [1.165, 1.54) is 18.3 Å². The highest BCUT2D eigenvalue weighted by molar-refractivity contribution is 5.94. The first kappa shape index (κ1) is 20.8. The maximum absolute atomic E-state index is 12.0. The SMILES string of the molecule is C/C=C1\[C@H]2C=C(C)C[C@]1(N=CC=Cc1ccccc1C(=O)OC)c1ccc(=O)[nH]c1C2. The van der Waals surface area contributed by atoms with Gasteiger partial charge < -0.3 is 9.72 Å². The molecule has 2 atom stereocenters. The number of aliphatic imine (C=N–C) groups is 1. The Morgan fingerprint density at radius 3 is 2.84 bits per heavy atom.